The Kier molecular flexibility index (Phi) is 5.23. The fraction of sp³-hybridized carbons (Fsp3) is 0.818. The Hall–Kier alpha value is -1.53. The van der Waals surface area contributed by atoms with Crippen LogP contribution in [0.25, 0.3) is 0 Å². The molecule has 1 aromatic heterocycles. The predicted molar refractivity (Wildman–Crippen MR) is 104 cm³/mol. The number of nitrogens with zero attached hydrogens (tertiary/aromatic N) is 2. The largest absolute Gasteiger partial charge is 0.435 e. The summed E-state index contributed by atoms with van der Waals surface area (Å²) in [5.74, 6) is 1.94. The Morgan fingerprint density at radius 3 is 2.24 bits per heavy atom. The van der Waals surface area contributed by atoms with E-state index < -0.39 is 17.8 Å². The number of amides is 1. The molecule has 4 saturated carbocycles. The number of aromatic nitrogens is 2. The quantitative estimate of drug-likeness (QED) is 0.719. The van der Waals surface area contributed by atoms with Crippen LogP contribution in [0.5, 0.6) is 0 Å². The number of rotatable bonds is 6. The van der Waals surface area contributed by atoms with E-state index in [1.54, 1.807) is 13.8 Å². The molecule has 0 aromatic carbocycles. The van der Waals surface area contributed by atoms with Crippen molar-refractivity contribution in [1.82, 2.24) is 15.1 Å². The lowest BCUT2D eigenvalue weighted by molar-refractivity contribution is -0.141. The third-order valence-corrected chi connectivity index (χ3v) is 7.72. The average Bonchev–Trinajstić information content (AvgIpc) is 2.99. The summed E-state index contributed by atoms with van der Waals surface area (Å²) in [5, 5.41) is 6.97. The van der Waals surface area contributed by atoms with Crippen molar-refractivity contribution in [1.29, 1.82) is 0 Å². The fourth-order valence-corrected chi connectivity index (χ4v) is 6.78. The first-order valence-corrected chi connectivity index (χ1v) is 11.0. The van der Waals surface area contributed by atoms with E-state index in [9.17, 15) is 18.0 Å². The van der Waals surface area contributed by atoms with Crippen molar-refractivity contribution in [3.63, 3.8) is 0 Å². The van der Waals surface area contributed by atoms with Crippen molar-refractivity contribution >= 4 is 5.91 Å². The maximum atomic E-state index is 13.0. The zero-order chi connectivity index (χ0) is 21.0. The minimum absolute atomic E-state index is 0.0731. The van der Waals surface area contributed by atoms with Crippen LogP contribution < -0.4 is 5.32 Å². The maximum absolute atomic E-state index is 13.0. The van der Waals surface area contributed by atoms with Crippen LogP contribution in [0.2, 0.25) is 0 Å². The fourth-order valence-electron chi connectivity index (χ4n) is 6.78. The number of nitrogens with one attached hydrogen (secondary N) is 1. The van der Waals surface area contributed by atoms with Gasteiger partial charge in [-0.1, -0.05) is 13.8 Å². The van der Waals surface area contributed by atoms with E-state index in [0.717, 1.165) is 30.2 Å². The zero-order valence-corrected chi connectivity index (χ0v) is 17.6. The monoisotopic (exact) mass is 411 g/mol. The molecule has 7 heteroatoms. The molecule has 2 unspecified atom stereocenters. The Morgan fingerprint density at radius 2 is 1.79 bits per heavy atom. The second-order valence-corrected chi connectivity index (χ2v) is 10.0. The number of hydrogen-bond donors (Lipinski definition) is 1. The van der Waals surface area contributed by atoms with E-state index in [0.29, 0.717) is 5.69 Å². The molecule has 0 spiro atoms. The SMILES string of the molecule is CCC(NC(=O)C(C)Cn1nc(C(F)(F)F)cc1C)C12CC3CC(CC(C3)C1)C2. The first kappa shape index (κ1) is 20.7. The lowest BCUT2D eigenvalue weighted by Crippen LogP contribution is -2.57. The summed E-state index contributed by atoms with van der Waals surface area (Å²) in [6.45, 7) is 5.67. The third-order valence-electron chi connectivity index (χ3n) is 7.72. The molecule has 1 amide bonds. The van der Waals surface area contributed by atoms with E-state index in [-0.39, 0.29) is 23.9 Å². The van der Waals surface area contributed by atoms with Gasteiger partial charge in [0.05, 0.1) is 12.5 Å². The molecule has 0 saturated heterocycles. The molecule has 4 nitrogen and oxygen atoms in total. The summed E-state index contributed by atoms with van der Waals surface area (Å²) in [7, 11) is 0. The van der Waals surface area contributed by atoms with Crippen molar-refractivity contribution in [3.05, 3.63) is 17.5 Å². The molecule has 2 atom stereocenters. The van der Waals surface area contributed by atoms with Crippen LogP contribution in [-0.4, -0.2) is 21.7 Å². The number of halogens is 3. The van der Waals surface area contributed by atoms with Crippen LogP contribution in [0.4, 0.5) is 13.2 Å². The van der Waals surface area contributed by atoms with Crippen LogP contribution in [-0.2, 0) is 17.5 Å². The molecule has 29 heavy (non-hydrogen) atoms. The molecule has 1 heterocycles. The lowest BCUT2D eigenvalue weighted by Gasteiger charge is -2.59. The molecular formula is C22H32F3N3O. The highest BCUT2D eigenvalue weighted by atomic mass is 19.4. The zero-order valence-electron chi connectivity index (χ0n) is 17.6. The second kappa shape index (κ2) is 7.31. The minimum atomic E-state index is -4.46. The average molecular weight is 412 g/mol. The number of aryl methyl sites for hydroxylation is 1. The van der Waals surface area contributed by atoms with Crippen molar-refractivity contribution < 1.29 is 18.0 Å². The molecule has 1 aromatic rings. The second-order valence-electron chi connectivity index (χ2n) is 10.0. The van der Waals surface area contributed by atoms with Gasteiger partial charge in [-0.15, -0.1) is 0 Å². The first-order chi connectivity index (χ1) is 13.6. The Bertz CT molecular complexity index is 735. The number of carbonyl (C=O) groups excluding carboxylic acids is 1. The van der Waals surface area contributed by atoms with Crippen LogP contribution in [0.1, 0.15) is 70.2 Å². The third kappa shape index (κ3) is 3.93. The van der Waals surface area contributed by atoms with E-state index in [2.05, 4.69) is 17.3 Å². The van der Waals surface area contributed by atoms with Crippen molar-refractivity contribution in [2.24, 2.45) is 29.1 Å². The highest BCUT2D eigenvalue weighted by molar-refractivity contribution is 5.78. The van der Waals surface area contributed by atoms with Crippen LogP contribution in [0.15, 0.2) is 6.07 Å². The van der Waals surface area contributed by atoms with Gasteiger partial charge in [0.2, 0.25) is 5.91 Å². The standard InChI is InChI=1S/C22H32F3N3O/c1-4-18(21-9-15-6-16(10-21)8-17(7-15)11-21)26-20(29)13(2)12-28-14(3)5-19(27-28)22(23,24)25/h5,13,15-18H,4,6-12H2,1-3H3,(H,26,29). The highest BCUT2D eigenvalue weighted by Crippen LogP contribution is 2.61. The molecule has 4 aliphatic carbocycles. The van der Waals surface area contributed by atoms with Crippen LogP contribution in [0.3, 0.4) is 0 Å². The topological polar surface area (TPSA) is 46.9 Å². The van der Waals surface area contributed by atoms with Gasteiger partial charge in [0, 0.05) is 11.7 Å². The predicted octanol–water partition coefficient (Wildman–Crippen LogP) is 4.96. The smallest absolute Gasteiger partial charge is 0.353 e. The van der Waals surface area contributed by atoms with E-state index in [1.165, 1.54) is 43.2 Å². The van der Waals surface area contributed by atoms with Crippen molar-refractivity contribution in [2.45, 2.75) is 84.5 Å². The molecule has 1 N–H and O–H groups in total. The molecule has 0 radical (unpaired) electrons. The van der Waals surface area contributed by atoms with Gasteiger partial charge in [-0.3, -0.25) is 9.48 Å². The van der Waals surface area contributed by atoms with Gasteiger partial charge in [0.1, 0.15) is 0 Å². The van der Waals surface area contributed by atoms with E-state index >= 15 is 0 Å². The summed E-state index contributed by atoms with van der Waals surface area (Å²) in [5.41, 5.74) is -0.253. The summed E-state index contributed by atoms with van der Waals surface area (Å²) in [6, 6.07) is 1.20. The van der Waals surface area contributed by atoms with Gasteiger partial charge in [0.15, 0.2) is 5.69 Å². The number of alkyl halides is 3. The Balaban J connectivity index is 1.42. The van der Waals surface area contributed by atoms with Gasteiger partial charge < -0.3 is 5.32 Å². The summed E-state index contributed by atoms with van der Waals surface area (Å²) in [4.78, 5) is 13.0. The molecule has 4 fully saturated rings. The summed E-state index contributed by atoms with van der Waals surface area (Å²) >= 11 is 0. The van der Waals surface area contributed by atoms with Gasteiger partial charge in [0.25, 0.3) is 0 Å². The first-order valence-electron chi connectivity index (χ1n) is 11.0. The molecule has 0 aliphatic heterocycles. The van der Waals surface area contributed by atoms with Crippen LogP contribution >= 0.6 is 0 Å². The molecular weight excluding hydrogens is 379 g/mol. The Morgan fingerprint density at radius 1 is 1.24 bits per heavy atom. The van der Waals surface area contributed by atoms with Gasteiger partial charge >= 0.3 is 6.18 Å². The van der Waals surface area contributed by atoms with Crippen molar-refractivity contribution in [3.8, 4) is 0 Å². The van der Waals surface area contributed by atoms with E-state index in [1.807, 2.05) is 0 Å². The van der Waals surface area contributed by atoms with Gasteiger partial charge in [-0.2, -0.15) is 18.3 Å². The molecule has 4 bridgehead atoms. The molecule has 4 aliphatic rings. The van der Waals surface area contributed by atoms with Gasteiger partial charge in [-0.05, 0) is 81.1 Å². The van der Waals surface area contributed by atoms with Gasteiger partial charge in [-0.25, -0.2) is 0 Å². The van der Waals surface area contributed by atoms with Crippen LogP contribution in [0, 0.1) is 36.0 Å². The Labute approximate surface area is 170 Å². The van der Waals surface area contributed by atoms with E-state index in [4.69, 9.17) is 0 Å². The highest BCUT2D eigenvalue weighted by Gasteiger charge is 2.54. The number of carbonyl (C=O) groups is 1. The molecule has 162 valence electrons. The van der Waals surface area contributed by atoms with Crippen molar-refractivity contribution in [2.75, 3.05) is 0 Å². The summed E-state index contributed by atoms with van der Waals surface area (Å²) in [6.07, 6.45) is 4.19. The lowest BCUT2D eigenvalue weighted by atomic mass is 9.47. The molecule has 5 rings (SSSR count). The summed E-state index contributed by atoms with van der Waals surface area (Å²) < 4.78 is 40.0. The normalized spacial score (nSPS) is 33.0. The maximum Gasteiger partial charge on any atom is 0.435 e. The minimum Gasteiger partial charge on any atom is -0.353 e. The number of hydrogen-bond acceptors (Lipinski definition) is 2.